The number of hydrogen-bond donors (Lipinski definition) is 1. The van der Waals surface area contributed by atoms with Gasteiger partial charge in [0.15, 0.2) is 5.76 Å². The maximum Gasteiger partial charge on any atom is 0.307 e. The van der Waals surface area contributed by atoms with Crippen LogP contribution < -0.4 is 5.43 Å². The fraction of sp³-hybridized carbons (Fsp3) is 0.273. The molecule has 1 aliphatic heterocycles. The summed E-state index contributed by atoms with van der Waals surface area (Å²) in [6.45, 7) is 2.76. The van der Waals surface area contributed by atoms with Crippen LogP contribution in [0.15, 0.2) is 69.0 Å². The highest BCUT2D eigenvalue weighted by molar-refractivity contribution is 5.92. The quantitative estimate of drug-likeness (QED) is 0.434. The molecule has 1 saturated heterocycles. The Morgan fingerprint density at radius 2 is 2.03 bits per heavy atom. The topological polar surface area (TPSA) is 110 Å². The number of amides is 1. The molecule has 0 spiro atoms. The first-order valence-electron chi connectivity index (χ1n) is 10.00. The summed E-state index contributed by atoms with van der Waals surface area (Å²) in [6, 6.07) is 9.80. The number of hydrazone groups is 1. The minimum absolute atomic E-state index is 0.0617. The number of allylic oxidation sites excluding steroid dienone is 2. The van der Waals surface area contributed by atoms with Crippen molar-refractivity contribution in [3.05, 3.63) is 80.9 Å². The predicted molar refractivity (Wildman–Crippen MR) is 114 cm³/mol. The molecule has 0 atom stereocenters. The summed E-state index contributed by atoms with van der Waals surface area (Å²) in [5.41, 5.74) is 6.45. The molecular formula is C22H22N4O5. The molecule has 1 aromatic heterocycles. The smallest absolute Gasteiger partial charge is 0.307 e. The highest BCUT2D eigenvalue weighted by Crippen LogP contribution is 2.35. The number of rotatable bonds is 6. The Morgan fingerprint density at radius 3 is 2.77 bits per heavy atom. The summed E-state index contributed by atoms with van der Waals surface area (Å²) in [6.07, 6.45) is 6.62. The van der Waals surface area contributed by atoms with Crippen LogP contribution in [0.1, 0.15) is 29.0 Å². The normalized spacial score (nSPS) is 18.2. The Morgan fingerprint density at radius 1 is 1.19 bits per heavy atom. The van der Waals surface area contributed by atoms with E-state index in [9.17, 15) is 14.9 Å². The number of non-ortho nitro benzene ring substituents is 1. The molecule has 0 unspecified atom stereocenters. The van der Waals surface area contributed by atoms with Crippen LogP contribution in [0.5, 0.6) is 0 Å². The van der Waals surface area contributed by atoms with Crippen LogP contribution in [0, 0.1) is 10.1 Å². The zero-order valence-electron chi connectivity index (χ0n) is 16.8. The van der Waals surface area contributed by atoms with Gasteiger partial charge in [0, 0.05) is 30.9 Å². The van der Waals surface area contributed by atoms with Crippen molar-refractivity contribution in [3.8, 4) is 0 Å². The molecule has 31 heavy (non-hydrogen) atoms. The lowest BCUT2D eigenvalue weighted by molar-refractivity contribution is -0.384. The van der Waals surface area contributed by atoms with E-state index in [4.69, 9.17) is 9.15 Å². The second-order valence-electron chi connectivity index (χ2n) is 7.17. The molecule has 4 rings (SSSR count). The molecule has 1 amide bonds. The van der Waals surface area contributed by atoms with Gasteiger partial charge < -0.3 is 14.1 Å². The van der Waals surface area contributed by atoms with Gasteiger partial charge in [0.05, 0.1) is 30.6 Å². The van der Waals surface area contributed by atoms with Gasteiger partial charge in [-0.05, 0) is 47.8 Å². The predicted octanol–water partition coefficient (Wildman–Crippen LogP) is 3.37. The molecule has 2 aliphatic rings. The first kappa shape index (κ1) is 20.5. The molecule has 0 saturated carbocycles. The fourth-order valence-electron chi connectivity index (χ4n) is 3.73. The van der Waals surface area contributed by atoms with Gasteiger partial charge in [-0.2, -0.15) is 5.10 Å². The van der Waals surface area contributed by atoms with Crippen molar-refractivity contribution in [2.75, 3.05) is 26.3 Å². The van der Waals surface area contributed by atoms with E-state index in [2.05, 4.69) is 15.4 Å². The van der Waals surface area contributed by atoms with Crippen molar-refractivity contribution in [1.82, 2.24) is 10.3 Å². The van der Waals surface area contributed by atoms with Gasteiger partial charge in [-0.1, -0.05) is 12.1 Å². The average Bonchev–Trinajstić information content (AvgIpc) is 3.45. The Labute approximate surface area is 178 Å². The van der Waals surface area contributed by atoms with Gasteiger partial charge in [0.1, 0.15) is 0 Å². The fourth-order valence-corrected chi connectivity index (χ4v) is 3.73. The second-order valence-corrected chi connectivity index (χ2v) is 7.17. The molecule has 2 aromatic rings. The first-order chi connectivity index (χ1) is 15.1. The molecular weight excluding hydrogens is 400 g/mol. The van der Waals surface area contributed by atoms with Crippen LogP contribution >= 0.6 is 0 Å². The minimum Gasteiger partial charge on any atom is -0.459 e. The average molecular weight is 422 g/mol. The van der Waals surface area contributed by atoms with Crippen molar-refractivity contribution >= 4 is 23.9 Å². The van der Waals surface area contributed by atoms with Crippen LogP contribution in [0.4, 0.5) is 5.69 Å². The van der Waals surface area contributed by atoms with Crippen LogP contribution in [-0.2, 0) is 4.74 Å². The highest BCUT2D eigenvalue weighted by Gasteiger charge is 2.25. The number of furan rings is 1. The molecule has 1 fully saturated rings. The maximum absolute atomic E-state index is 12.0. The number of benzene rings is 1. The van der Waals surface area contributed by atoms with Crippen LogP contribution in [0.25, 0.3) is 6.08 Å². The Bertz CT molecular complexity index is 1050. The molecule has 9 nitrogen and oxygen atoms in total. The molecule has 1 aliphatic carbocycles. The number of nitrogens with one attached hydrogen (secondary N) is 1. The summed E-state index contributed by atoms with van der Waals surface area (Å²) in [5, 5.41) is 15.2. The Hall–Kier alpha value is -3.72. The van der Waals surface area contributed by atoms with Gasteiger partial charge in [-0.25, -0.2) is 5.43 Å². The summed E-state index contributed by atoms with van der Waals surface area (Å²) < 4.78 is 10.6. The standard InChI is InChI=1S/C22H22N4O5/c27-22(20-5-2-10-31-20)24-23-15-18-7-6-17(21(18)25-8-11-30-12-9-25)13-16-3-1-4-19(14-16)26(28)29/h1-5,10,13-15H,6-9,11-12H2,(H,24,27)/b17-13+,23-15+. The van der Waals surface area contributed by atoms with E-state index >= 15 is 0 Å². The third kappa shape index (κ3) is 4.89. The zero-order chi connectivity index (χ0) is 21.6. The summed E-state index contributed by atoms with van der Waals surface area (Å²) in [4.78, 5) is 25.0. The number of morpholine rings is 1. The van der Waals surface area contributed by atoms with Crippen molar-refractivity contribution in [2.45, 2.75) is 12.8 Å². The van der Waals surface area contributed by atoms with Gasteiger partial charge in [0.2, 0.25) is 0 Å². The van der Waals surface area contributed by atoms with Crippen molar-refractivity contribution in [2.24, 2.45) is 5.10 Å². The van der Waals surface area contributed by atoms with E-state index in [1.54, 1.807) is 30.5 Å². The minimum atomic E-state index is -0.417. The van der Waals surface area contributed by atoms with E-state index in [0.29, 0.717) is 13.2 Å². The number of carbonyl (C=O) groups is 1. The number of hydrogen-bond acceptors (Lipinski definition) is 7. The largest absolute Gasteiger partial charge is 0.459 e. The number of carbonyl (C=O) groups excluding carboxylic acids is 1. The molecule has 1 aromatic carbocycles. The van der Waals surface area contributed by atoms with E-state index < -0.39 is 10.8 Å². The van der Waals surface area contributed by atoms with Gasteiger partial charge >= 0.3 is 5.91 Å². The van der Waals surface area contributed by atoms with E-state index in [1.807, 2.05) is 12.1 Å². The Balaban J connectivity index is 1.60. The SMILES string of the molecule is O=C(N/N=C/C1=C(N2CCOCC2)C(=C/c2cccc([N+](=O)[O-])c2)/CC1)c1ccco1. The number of nitro groups is 1. The number of nitro benzene ring substituents is 1. The molecule has 0 bridgehead atoms. The van der Waals surface area contributed by atoms with Crippen LogP contribution in [0.3, 0.4) is 0 Å². The lowest BCUT2D eigenvalue weighted by atomic mass is 10.1. The van der Waals surface area contributed by atoms with E-state index in [1.165, 1.54) is 12.3 Å². The van der Waals surface area contributed by atoms with Crippen LogP contribution in [0.2, 0.25) is 0 Å². The lowest BCUT2D eigenvalue weighted by Gasteiger charge is -2.31. The van der Waals surface area contributed by atoms with Gasteiger partial charge in [-0.3, -0.25) is 14.9 Å². The third-order valence-electron chi connectivity index (χ3n) is 5.15. The van der Waals surface area contributed by atoms with Gasteiger partial charge in [-0.15, -0.1) is 0 Å². The molecule has 0 radical (unpaired) electrons. The lowest BCUT2D eigenvalue weighted by Crippen LogP contribution is -2.36. The van der Waals surface area contributed by atoms with Crippen molar-refractivity contribution < 1.29 is 18.9 Å². The highest BCUT2D eigenvalue weighted by atomic mass is 16.6. The number of ether oxygens (including phenoxy) is 1. The van der Waals surface area contributed by atoms with E-state index in [-0.39, 0.29) is 11.4 Å². The summed E-state index contributed by atoms with van der Waals surface area (Å²) in [5.74, 6) is -0.225. The number of nitrogens with zero attached hydrogens (tertiary/aromatic N) is 3. The molecule has 9 heteroatoms. The molecule has 1 N–H and O–H groups in total. The third-order valence-corrected chi connectivity index (χ3v) is 5.15. The maximum atomic E-state index is 12.0. The van der Waals surface area contributed by atoms with Crippen LogP contribution in [-0.4, -0.2) is 48.2 Å². The second kappa shape index (κ2) is 9.40. The zero-order valence-corrected chi connectivity index (χ0v) is 16.8. The van der Waals surface area contributed by atoms with E-state index in [0.717, 1.165) is 48.3 Å². The molecule has 2 heterocycles. The summed E-state index contributed by atoms with van der Waals surface area (Å²) in [7, 11) is 0. The Kier molecular flexibility index (Phi) is 6.23. The molecule has 160 valence electrons. The first-order valence-corrected chi connectivity index (χ1v) is 10.00. The summed E-state index contributed by atoms with van der Waals surface area (Å²) >= 11 is 0. The van der Waals surface area contributed by atoms with Crippen molar-refractivity contribution in [1.29, 1.82) is 0 Å². The monoisotopic (exact) mass is 422 g/mol. The van der Waals surface area contributed by atoms with Gasteiger partial charge in [0.25, 0.3) is 5.69 Å². The van der Waals surface area contributed by atoms with Crippen molar-refractivity contribution in [3.63, 3.8) is 0 Å².